The lowest BCUT2D eigenvalue weighted by Gasteiger charge is -2.07. The summed E-state index contributed by atoms with van der Waals surface area (Å²) in [6, 6.07) is 12.0. The van der Waals surface area contributed by atoms with Gasteiger partial charge in [-0.3, -0.25) is 4.79 Å². The standard InChI is InChI=1S/C20H22BrN3O/c1-12(2)20-23-17-8-4-14(11-18(17)24-20)5-9-19(25)22-15-6-7-16(21)13(3)10-15/h4,6-8,10-12H,5,9H2,1-3H3,(H,22,25)(H,23,24). The number of aromatic amines is 1. The van der Waals surface area contributed by atoms with E-state index in [9.17, 15) is 4.79 Å². The summed E-state index contributed by atoms with van der Waals surface area (Å²) < 4.78 is 1.04. The Labute approximate surface area is 156 Å². The fraction of sp³-hybridized carbons (Fsp3) is 0.300. The number of rotatable bonds is 5. The average Bonchev–Trinajstić information content (AvgIpc) is 3.00. The number of nitrogens with zero attached hydrogens (tertiary/aromatic N) is 1. The Bertz CT molecular complexity index is 914. The molecule has 0 unspecified atom stereocenters. The highest BCUT2D eigenvalue weighted by molar-refractivity contribution is 9.10. The van der Waals surface area contributed by atoms with Crippen LogP contribution in [0.15, 0.2) is 40.9 Å². The Kier molecular flexibility index (Phi) is 5.23. The van der Waals surface area contributed by atoms with Crippen LogP contribution in [0.3, 0.4) is 0 Å². The van der Waals surface area contributed by atoms with Crippen molar-refractivity contribution in [1.29, 1.82) is 0 Å². The molecule has 25 heavy (non-hydrogen) atoms. The maximum absolute atomic E-state index is 12.2. The van der Waals surface area contributed by atoms with E-state index < -0.39 is 0 Å². The highest BCUT2D eigenvalue weighted by Crippen LogP contribution is 2.21. The number of amides is 1. The number of imidazole rings is 1. The molecule has 130 valence electrons. The second kappa shape index (κ2) is 7.40. The van der Waals surface area contributed by atoms with Crippen molar-refractivity contribution in [3.63, 3.8) is 0 Å². The normalized spacial score (nSPS) is 11.2. The van der Waals surface area contributed by atoms with Gasteiger partial charge in [0.15, 0.2) is 0 Å². The van der Waals surface area contributed by atoms with Crippen LogP contribution in [0.25, 0.3) is 11.0 Å². The van der Waals surface area contributed by atoms with Crippen molar-refractivity contribution in [2.24, 2.45) is 0 Å². The molecular formula is C20H22BrN3O. The summed E-state index contributed by atoms with van der Waals surface area (Å²) in [5.41, 5.74) is 5.07. The third kappa shape index (κ3) is 4.28. The van der Waals surface area contributed by atoms with E-state index in [4.69, 9.17) is 0 Å². The molecule has 4 nitrogen and oxygen atoms in total. The van der Waals surface area contributed by atoms with Gasteiger partial charge in [0.25, 0.3) is 0 Å². The first-order chi connectivity index (χ1) is 11.9. The zero-order valence-electron chi connectivity index (χ0n) is 14.7. The number of hydrogen-bond donors (Lipinski definition) is 2. The van der Waals surface area contributed by atoms with E-state index in [2.05, 4.69) is 51.1 Å². The van der Waals surface area contributed by atoms with Gasteiger partial charge < -0.3 is 10.3 Å². The van der Waals surface area contributed by atoms with E-state index in [1.54, 1.807) is 0 Å². The van der Waals surface area contributed by atoms with E-state index in [0.717, 1.165) is 38.1 Å². The van der Waals surface area contributed by atoms with E-state index in [-0.39, 0.29) is 5.91 Å². The smallest absolute Gasteiger partial charge is 0.224 e. The predicted octanol–water partition coefficient (Wildman–Crippen LogP) is 5.33. The molecule has 0 bridgehead atoms. The van der Waals surface area contributed by atoms with Gasteiger partial charge in [-0.2, -0.15) is 0 Å². The first-order valence-corrected chi connectivity index (χ1v) is 9.26. The zero-order chi connectivity index (χ0) is 18.0. The fourth-order valence-electron chi connectivity index (χ4n) is 2.71. The van der Waals surface area contributed by atoms with Crippen LogP contribution >= 0.6 is 15.9 Å². The zero-order valence-corrected chi connectivity index (χ0v) is 16.3. The van der Waals surface area contributed by atoms with Crippen LogP contribution in [0.5, 0.6) is 0 Å². The van der Waals surface area contributed by atoms with Gasteiger partial charge in [-0.1, -0.05) is 35.8 Å². The molecule has 2 N–H and O–H groups in total. The van der Waals surface area contributed by atoms with Gasteiger partial charge in [0.05, 0.1) is 11.0 Å². The summed E-state index contributed by atoms with van der Waals surface area (Å²) in [5.74, 6) is 1.39. The maximum Gasteiger partial charge on any atom is 0.224 e. The summed E-state index contributed by atoms with van der Waals surface area (Å²) in [5, 5.41) is 2.96. The minimum atomic E-state index is 0.0225. The largest absolute Gasteiger partial charge is 0.342 e. The van der Waals surface area contributed by atoms with E-state index in [0.29, 0.717) is 18.8 Å². The van der Waals surface area contributed by atoms with Crippen LogP contribution in [0.1, 0.15) is 43.1 Å². The average molecular weight is 400 g/mol. The van der Waals surface area contributed by atoms with Crippen LogP contribution < -0.4 is 5.32 Å². The Hall–Kier alpha value is -2.14. The number of nitrogens with one attached hydrogen (secondary N) is 2. The molecule has 3 aromatic rings. The van der Waals surface area contributed by atoms with Crippen molar-refractivity contribution >= 4 is 38.6 Å². The topological polar surface area (TPSA) is 57.8 Å². The highest BCUT2D eigenvalue weighted by Gasteiger charge is 2.08. The lowest BCUT2D eigenvalue weighted by Crippen LogP contribution is -2.12. The van der Waals surface area contributed by atoms with E-state index in [1.165, 1.54) is 0 Å². The number of carbonyl (C=O) groups is 1. The van der Waals surface area contributed by atoms with Gasteiger partial charge in [-0.25, -0.2) is 4.98 Å². The number of aryl methyl sites for hydroxylation is 2. The van der Waals surface area contributed by atoms with Crippen LogP contribution in [-0.4, -0.2) is 15.9 Å². The second-order valence-corrected chi connectivity index (χ2v) is 7.49. The number of fused-ring (bicyclic) bond motifs is 1. The van der Waals surface area contributed by atoms with E-state index >= 15 is 0 Å². The van der Waals surface area contributed by atoms with Gasteiger partial charge in [0.2, 0.25) is 5.91 Å². The Morgan fingerprint density at radius 1 is 1.24 bits per heavy atom. The number of aromatic nitrogens is 2. The molecule has 0 radical (unpaired) electrons. The van der Waals surface area contributed by atoms with Gasteiger partial charge in [0, 0.05) is 22.5 Å². The lowest BCUT2D eigenvalue weighted by atomic mass is 10.1. The van der Waals surface area contributed by atoms with Crippen LogP contribution in [-0.2, 0) is 11.2 Å². The molecule has 0 spiro atoms. The minimum absolute atomic E-state index is 0.0225. The van der Waals surface area contributed by atoms with Gasteiger partial charge in [-0.05, 0) is 54.8 Å². The maximum atomic E-state index is 12.2. The van der Waals surface area contributed by atoms with Gasteiger partial charge in [0.1, 0.15) is 5.82 Å². The number of halogens is 1. The summed E-state index contributed by atoms with van der Waals surface area (Å²) in [7, 11) is 0. The molecule has 0 fully saturated rings. The summed E-state index contributed by atoms with van der Waals surface area (Å²) in [6.07, 6.45) is 1.15. The molecule has 5 heteroatoms. The quantitative estimate of drug-likeness (QED) is 0.608. The first-order valence-electron chi connectivity index (χ1n) is 8.47. The SMILES string of the molecule is Cc1cc(NC(=O)CCc2ccc3nc(C(C)C)[nH]c3c2)ccc1Br. The van der Waals surface area contributed by atoms with E-state index in [1.807, 2.05) is 37.3 Å². The van der Waals surface area contributed by atoms with Crippen LogP contribution in [0.4, 0.5) is 5.69 Å². The lowest BCUT2D eigenvalue weighted by molar-refractivity contribution is -0.116. The summed E-state index contributed by atoms with van der Waals surface area (Å²) >= 11 is 3.47. The number of H-pyrrole nitrogens is 1. The van der Waals surface area contributed by atoms with Gasteiger partial charge in [-0.15, -0.1) is 0 Å². The Morgan fingerprint density at radius 2 is 2.04 bits per heavy atom. The van der Waals surface area contributed by atoms with Crippen molar-refractivity contribution in [3.05, 3.63) is 57.8 Å². The van der Waals surface area contributed by atoms with Crippen LogP contribution in [0.2, 0.25) is 0 Å². The molecule has 3 rings (SSSR count). The number of carbonyl (C=O) groups excluding carboxylic acids is 1. The minimum Gasteiger partial charge on any atom is -0.342 e. The highest BCUT2D eigenvalue weighted by atomic mass is 79.9. The molecule has 0 saturated heterocycles. The summed E-state index contributed by atoms with van der Waals surface area (Å²) in [4.78, 5) is 20.1. The molecule has 1 heterocycles. The van der Waals surface area contributed by atoms with Gasteiger partial charge >= 0.3 is 0 Å². The molecule has 0 aliphatic heterocycles. The molecule has 0 aliphatic rings. The molecule has 0 atom stereocenters. The monoisotopic (exact) mass is 399 g/mol. The fourth-order valence-corrected chi connectivity index (χ4v) is 2.96. The van der Waals surface area contributed by atoms with Crippen molar-refractivity contribution in [3.8, 4) is 0 Å². The van der Waals surface area contributed by atoms with Crippen molar-refractivity contribution in [2.45, 2.75) is 39.5 Å². The second-order valence-electron chi connectivity index (χ2n) is 6.64. The Balaban J connectivity index is 1.63. The number of anilines is 1. The third-order valence-corrected chi connectivity index (χ3v) is 5.08. The molecule has 1 amide bonds. The number of benzene rings is 2. The van der Waals surface area contributed by atoms with Crippen molar-refractivity contribution in [2.75, 3.05) is 5.32 Å². The number of hydrogen-bond acceptors (Lipinski definition) is 2. The molecule has 1 aromatic heterocycles. The van der Waals surface area contributed by atoms with Crippen molar-refractivity contribution in [1.82, 2.24) is 9.97 Å². The van der Waals surface area contributed by atoms with Crippen LogP contribution in [0, 0.1) is 6.92 Å². The Morgan fingerprint density at radius 3 is 2.76 bits per heavy atom. The summed E-state index contributed by atoms with van der Waals surface area (Å²) in [6.45, 7) is 6.24. The molecule has 2 aromatic carbocycles. The molecular weight excluding hydrogens is 378 g/mol. The van der Waals surface area contributed by atoms with Crippen molar-refractivity contribution < 1.29 is 4.79 Å². The third-order valence-electron chi connectivity index (χ3n) is 4.19. The molecule has 0 aliphatic carbocycles. The molecule has 0 saturated carbocycles. The first kappa shape index (κ1) is 17.7. The predicted molar refractivity (Wildman–Crippen MR) is 106 cm³/mol.